The summed E-state index contributed by atoms with van der Waals surface area (Å²) in [7, 11) is 1.33. The van der Waals surface area contributed by atoms with Crippen molar-refractivity contribution in [2.75, 3.05) is 7.11 Å². The van der Waals surface area contributed by atoms with Crippen LogP contribution in [0.1, 0.15) is 18.8 Å². The van der Waals surface area contributed by atoms with E-state index in [-0.39, 0.29) is 6.04 Å². The minimum atomic E-state index is -0.465. The van der Waals surface area contributed by atoms with Crippen LogP contribution in [0.15, 0.2) is 24.3 Å². The first-order valence-electron chi connectivity index (χ1n) is 5.00. The maximum Gasteiger partial charge on any atom is 0.407 e. The van der Waals surface area contributed by atoms with E-state index in [1.165, 1.54) is 7.11 Å². The molecule has 1 atom stereocenters. The summed E-state index contributed by atoms with van der Waals surface area (Å²) in [6.07, 6.45) is -0.465. The van der Waals surface area contributed by atoms with E-state index < -0.39 is 6.09 Å². The third-order valence-corrected chi connectivity index (χ3v) is 2.34. The number of nitrogens with one attached hydrogen (secondary N) is 2. The first kappa shape index (κ1) is 10.5. The van der Waals surface area contributed by atoms with Gasteiger partial charge in [0, 0.05) is 0 Å². The van der Waals surface area contributed by atoms with Crippen LogP contribution in [0, 0.1) is 0 Å². The summed E-state index contributed by atoms with van der Waals surface area (Å²) in [5.74, 6) is 0.714. The summed E-state index contributed by atoms with van der Waals surface area (Å²) in [5.41, 5.74) is 1.84. The number of benzene rings is 1. The Labute approximate surface area is 92.8 Å². The number of aromatic nitrogens is 2. The highest BCUT2D eigenvalue weighted by Crippen LogP contribution is 2.15. The molecule has 1 unspecified atom stereocenters. The van der Waals surface area contributed by atoms with Gasteiger partial charge in [0.1, 0.15) is 5.82 Å². The molecule has 0 aliphatic carbocycles. The number of nitrogens with zero attached hydrogens (tertiary/aromatic N) is 1. The van der Waals surface area contributed by atoms with Crippen molar-refractivity contribution in [2.45, 2.75) is 13.0 Å². The molecule has 0 spiro atoms. The van der Waals surface area contributed by atoms with Gasteiger partial charge in [-0.05, 0) is 19.1 Å². The Morgan fingerprint density at radius 2 is 2.25 bits per heavy atom. The smallest absolute Gasteiger partial charge is 0.407 e. The van der Waals surface area contributed by atoms with E-state index in [1.54, 1.807) is 0 Å². The number of methoxy groups -OCH3 is 1. The van der Waals surface area contributed by atoms with Crippen LogP contribution in [0.25, 0.3) is 11.0 Å². The molecule has 0 bridgehead atoms. The second kappa shape index (κ2) is 4.22. The molecule has 2 rings (SSSR count). The van der Waals surface area contributed by atoms with Crippen LogP contribution in [0.4, 0.5) is 4.79 Å². The standard InChI is InChI=1S/C11H13N3O2/c1-7(12-11(15)16-2)10-13-8-5-3-4-6-9(8)14-10/h3-7H,1-2H3,(H,12,15)(H,13,14). The predicted octanol–water partition coefficient (Wildman–Crippen LogP) is 1.98. The third-order valence-electron chi connectivity index (χ3n) is 2.34. The molecule has 5 nitrogen and oxygen atoms in total. The molecule has 1 amide bonds. The largest absolute Gasteiger partial charge is 0.453 e. The molecular formula is C11H13N3O2. The lowest BCUT2D eigenvalue weighted by molar-refractivity contribution is 0.167. The lowest BCUT2D eigenvalue weighted by Crippen LogP contribution is -2.26. The van der Waals surface area contributed by atoms with Gasteiger partial charge in [-0.2, -0.15) is 0 Å². The molecule has 1 aromatic heterocycles. The number of ether oxygens (including phenoxy) is 1. The number of carbonyl (C=O) groups excluding carboxylic acids is 1. The SMILES string of the molecule is COC(=O)NC(C)c1nc2ccccc2[nH]1. The molecule has 2 aromatic rings. The maximum absolute atomic E-state index is 11.0. The van der Waals surface area contributed by atoms with Crippen LogP contribution in [-0.4, -0.2) is 23.2 Å². The van der Waals surface area contributed by atoms with E-state index >= 15 is 0 Å². The van der Waals surface area contributed by atoms with Crippen LogP contribution in [0.2, 0.25) is 0 Å². The van der Waals surface area contributed by atoms with E-state index in [0.717, 1.165) is 11.0 Å². The van der Waals surface area contributed by atoms with Crippen molar-refractivity contribution in [1.82, 2.24) is 15.3 Å². The average Bonchev–Trinajstić information content (AvgIpc) is 2.72. The Kier molecular flexibility index (Phi) is 2.76. The summed E-state index contributed by atoms with van der Waals surface area (Å²) < 4.78 is 4.52. The van der Waals surface area contributed by atoms with Gasteiger partial charge in [-0.3, -0.25) is 0 Å². The Bertz CT molecular complexity index is 474. The number of aromatic amines is 1. The van der Waals surface area contributed by atoms with E-state index in [2.05, 4.69) is 20.0 Å². The average molecular weight is 219 g/mol. The van der Waals surface area contributed by atoms with E-state index in [9.17, 15) is 4.79 Å². The summed E-state index contributed by atoms with van der Waals surface area (Å²) in [6, 6.07) is 7.50. The Morgan fingerprint density at radius 3 is 2.94 bits per heavy atom. The van der Waals surface area contributed by atoms with Crippen molar-refractivity contribution in [2.24, 2.45) is 0 Å². The molecule has 0 radical (unpaired) electrons. The number of amides is 1. The van der Waals surface area contributed by atoms with Gasteiger partial charge in [-0.15, -0.1) is 0 Å². The van der Waals surface area contributed by atoms with Gasteiger partial charge >= 0.3 is 6.09 Å². The number of hydrogen-bond donors (Lipinski definition) is 2. The van der Waals surface area contributed by atoms with Crippen LogP contribution >= 0.6 is 0 Å². The minimum Gasteiger partial charge on any atom is -0.453 e. The quantitative estimate of drug-likeness (QED) is 0.811. The van der Waals surface area contributed by atoms with E-state index in [4.69, 9.17) is 0 Å². The molecule has 2 N–H and O–H groups in total. The molecule has 16 heavy (non-hydrogen) atoms. The zero-order valence-corrected chi connectivity index (χ0v) is 9.15. The molecule has 0 saturated heterocycles. The monoisotopic (exact) mass is 219 g/mol. The molecule has 5 heteroatoms. The van der Waals surface area contributed by atoms with Crippen LogP contribution in [0.5, 0.6) is 0 Å². The van der Waals surface area contributed by atoms with Gasteiger partial charge in [0.2, 0.25) is 0 Å². The topological polar surface area (TPSA) is 67.0 Å². The van der Waals surface area contributed by atoms with Crippen molar-refractivity contribution >= 4 is 17.1 Å². The number of imidazole rings is 1. The van der Waals surface area contributed by atoms with Crippen molar-refractivity contribution < 1.29 is 9.53 Å². The highest BCUT2D eigenvalue weighted by molar-refractivity contribution is 5.75. The van der Waals surface area contributed by atoms with Crippen molar-refractivity contribution in [3.63, 3.8) is 0 Å². The maximum atomic E-state index is 11.0. The zero-order chi connectivity index (χ0) is 11.5. The van der Waals surface area contributed by atoms with Gasteiger partial charge in [-0.1, -0.05) is 12.1 Å². The molecule has 0 aliphatic rings. The number of carbonyl (C=O) groups is 1. The molecule has 0 fully saturated rings. The van der Waals surface area contributed by atoms with Crippen LogP contribution in [-0.2, 0) is 4.74 Å². The van der Waals surface area contributed by atoms with E-state index in [0.29, 0.717) is 5.82 Å². The van der Waals surface area contributed by atoms with Gasteiger partial charge in [0.25, 0.3) is 0 Å². The number of alkyl carbamates (subject to hydrolysis) is 1. The lowest BCUT2D eigenvalue weighted by atomic mass is 10.3. The molecular weight excluding hydrogens is 206 g/mol. The summed E-state index contributed by atoms with van der Waals surface area (Å²) in [6.45, 7) is 1.84. The highest BCUT2D eigenvalue weighted by Gasteiger charge is 2.12. The second-order valence-electron chi connectivity index (χ2n) is 3.50. The molecule has 0 saturated carbocycles. The van der Waals surface area contributed by atoms with Crippen molar-refractivity contribution in [1.29, 1.82) is 0 Å². The number of para-hydroxylation sites is 2. The molecule has 0 aliphatic heterocycles. The first-order valence-corrected chi connectivity index (χ1v) is 5.00. The predicted molar refractivity (Wildman–Crippen MR) is 60.0 cm³/mol. The highest BCUT2D eigenvalue weighted by atomic mass is 16.5. The Balaban J connectivity index is 2.23. The Morgan fingerprint density at radius 1 is 1.50 bits per heavy atom. The van der Waals surface area contributed by atoms with E-state index in [1.807, 2.05) is 31.2 Å². The summed E-state index contributed by atoms with van der Waals surface area (Å²) >= 11 is 0. The summed E-state index contributed by atoms with van der Waals surface area (Å²) in [4.78, 5) is 18.6. The summed E-state index contributed by atoms with van der Waals surface area (Å²) in [5, 5.41) is 2.65. The number of rotatable bonds is 2. The number of hydrogen-bond acceptors (Lipinski definition) is 3. The number of H-pyrrole nitrogens is 1. The molecule has 84 valence electrons. The fraction of sp³-hybridized carbons (Fsp3) is 0.273. The number of fused-ring (bicyclic) bond motifs is 1. The molecule has 1 heterocycles. The first-order chi connectivity index (χ1) is 7.70. The van der Waals surface area contributed by atoms with Gasteiger partial charge in [0.15, 0.2) is 0 Å². The second-order valence-corrected chi connectivity index (χ2v) is 3.50. The zero-order valence-electron chi connectivity index (χ0n) is 9.15. The normalized spacial score (nSPS) is 12.4. The van der Waals surface area contributed by atoms with Crippen molar-refractivity contribution in [3.05, 3.63) is 30.1 Å². The van der Waals surface area contributed by atoms with Gasteiger partial charge < -0.3 is 15.0 Å². The minimum absolute atomic E-state index is 0.208. The lowest BCUT2D eigenvalue weighted by Gasteiger charge is -2.09. The Hall–Kier alpha value is -2.04. The van der Waals surface area contributed by atoms with Gasteiger partial charge in [-0.25, -0.2) is 9.78 Å². The fourth-order valence-corrected chi connectivity index (χ4v) is 1.48. The van der Waals surface area contributed by atoms with Crippen molar-refractivity contribution in [3.8, 4) is 0 Å². The molecule has 1 aromatic carbocycles. The van der Waals surface area contributed by atoms with Crippen LogP contribution < -0.4 is 5.32 Å². The van der Waals surface area contributed by atoms with Gasteiger partial charge in [0.05, 0.1) is 24.2 Å². The third kappa shape index (κ3) is 1.98. The van der Waals surface area contributed by atoms with Crippen LogP contribution in [0.3, 0.4) is 0 Å². The fourth-order valence-electron chi connectivity index (χ4n) is 1.48.